The van der Waals surface area contributed by atoms with Gasteiger partial charge in [0.25, 0.3) is 0 Å². The summed E-state index contributed by atoms with van der Waals surface area (Å²) >= 11 is 0. The number of rotatable bonds is 4. The molecule has 0 aliphatic heterocycles. The lowest BCUT2D eigenvalue weighted by molar-refractivity contribution is 0.282. The maximum atomic E-state index is 9.30. The summed E-state index contributed by atoms with van der Waals surface area (Å²) < 4.78 is 5.85. The summed E-state index contributed by atoms with van der Waals surface area (Å²) in [7, 11) is 0. The molecule has 0 atom stereocenters. The van der Waals surface area contributed by atoms with Gasteiger partial charge in [0.1, 0.15) is 12.4 Å². The molecule has 3 nitrogen and oxygen atoms in total. The number of H-pyrrole nitrogens is 1. The number of fused-ring (bicyclic) bond motifs is 1. The van der Waals surface area contributed by atoms with Gasteiger partial charge in [0.2, 0.25) is 0 Å². The Kier molecular flexibility index (Phi) is 3.21. The highest BCUT2D eigenvalue weighted by atomic mass is 16.5. The van der Waals surface area contributed by atoms with Crippen molar-refractivity contribution in [2.75, 3.05) is 0 Å². The first-order valence-corrected chi connectivity index (χ1v) is 6.25. The Hall–Kier alpha value is -2.26. The van der Waals surface area contributed by atoms with Crippen molar-refractivity contribution in [3.8, 4) is 5.75 Å². The third kappa shape index (κ3) is 2.33. The summed E-state index contributed by atoms with van der Waals surface area (Å²) in [4.78, 5) is 3.16. The van der Waals surface area contributed by atoms with Gasteiger partial charge in [-0.1, -0.05) is 36.4 Å². The van der Waals surface area contributed by atoms with E-state index < -0.39 is 0 Å². The van der Waals surface area contributed by atoms with E-state index in [0.717, 1.165) is 27.8 Å². The first-order chi connectivity index (χ1) is 9.38. The summed E-state index contributed by atoms with van der Waals surface area (Å²) in [6.07, 6.45) is 1.86. The molecule has 3 heteroatoms. The Morgan fingerprint density at radius 1 is 1.00 bits per heavy atom. The molecule has 19 heavy (non-hydrogen) atoms. The van der Waals surface area contributed by atoms with Gasteiger partial charge in [-0.05, 0) is 23.3 Å². The molecule has 0 amide bonds. The predicted molar refractivity (Wildman–Crippen MR) is 75.0 cm³/mol. The van der Waals surface area contributed by atoms with Crippen LogP contribution >= 0.6 is 0 Å². The maximum absolute atomic E-state index is 9.30. The van der Waals surface area contributed by atoms with Gasteiger partial charge >= 0.3 is 0 Å². The summed E-state index contributed by atoms with van der Waals surface area (Å²) in [6, 6.07) is 15.8. The van der Waals surface area contributed by atoms with E-state index in [1.807, 2.05) is 54.7 Å². The highest BCUT2D eigenvalue weighted by Crippen LogP contribution is 2.28. The molecule has 0 aliphatic rings. The van der Waals surface area contributed by atoms with Crippen LogP contribution in [0.15, 0.2) is 54.7 Å². The van der Waals surface area contributed by atoms with Crippen molar-refractivity contribution in [2.45, 2.75) is 13.2 Å². The Labute approximate surface area is 111 Å². The number of nitrogens with one attached hydrogen (secondary N) is 1. The van der Waals surface area contributed by atoms with Gasteiger partial charge < -0.3 is 14.8 Å². The van der Waals surface area contributed by atoms with E-state index in [9.17, 15) is 5.11 Å². The fourth-order valence-corrected chi connectivity index (χ4v) is 2.18. The highest BCUT2D eigenvalue weighted by Gasteiger charge is 2.07. The van der Waals surface area contributed by atoms with Crippen LogP contribution in [0.25, 0.3) is 10.9 Å². The summed E-state index contributed by atoms with van der Waals surface area (Å²) in [5, 5.41) is 10.3. The number of aliphatic hydroxyl groups is 1. The second kappa shape index (κ2) is 5.16. The number of aromatic nitrogens is 1. The van der Waals surface area contributed by atoms with Crippen molar-refractivity contribution in [1.29, 1.82) is 0 Å². The van der Waals surface area contributed by atoms with Gasteiger partial charge in [-0.3, -0.25) is 0 Å². The molecule has 0 unspecified atom stereocenters. The van der Waals surface area contributed by atoms with Gasteiger partial charge in [0.15, 0.2) is 0 Å². The number of benzene rings is 2. The van der Waals surface area contributed by atoms with Crippen LogP contribution in [0, 0.1) is 0 Å². The zero-order chi connectivity index (χ0) is 13.1. The Morgan fingerprint density at radius 3 is 2.63 bits per heavy atom. The van der Waals surface area contributed by atoms with Crippen LogP contribution in [0.2, 0.25) is 0 Å². The molecular formula is C16H15NO2. The molecule has 96 valence electrons. The summed E-state index contributed by atoms with van der Waals surface area (Å²) in [5.41, 5.74) is 2.97. The monoisotopic (exact) mass is 253 g/mol. The molecule has 0 saturated heterocycles. The predicted octanol–water partition coefficient (Wildman–Crippen LogP) is 3.24. The van der Waals surface area contributed by atoms with E-state index in [2.05, 4.69) is 4.98 Å². The molecular weight excluding hydrogens is 238 g/mol. The maximum Gasteiger partial charge on any atom is 0.143 e. The molecule has 2 aromatic carbocycles. The fourth-order valence-electron chi connectivity index (χ4n) is 2.18. The van der Waals surface area contributed by atoms with Gasteiger partial charge in [-0.2, -0.15) is 0 Å². The van der Waals surface area contributed by atoms with Gasteiger partial charge in [-0.25, -0.2) is 0 Å². The van der Waals surface area contributed by atoms with Gasteiger partial charge in [0, 0.05) is 11.6 Å². The average Bonchev–Trinajstić information content (AvgIpc) is 2.95. The molecule has 0 fully saturated rings. The molecule has 0 saturated carbocycles. The molecule has 0 aliphatic carbocycles. The smallest absolute Gasteiger partial charge is 0.143 e. The molecule has 3 aromatic rings. The minimum Gasteiger partial charge on any atom is -0.487 e. The van der Waals surface area contributed by atoms with Crippen molar-refractivity contribution in [1.82, 2.24) is 4.98 Å². The second-order valence-electron chi connectivity index (χ2n) is 4.42. The number of hydrogen-bond acceptors (Lipinski definition) is 2. The van der Waals surface area contributed by atoms with Crippen molar-refractivity contribution in [3.63, 3.8) is 0 Å². The van der Waals surface area contributed by atoms with E-state index in [1.165, 1.54) is 0 Å². The number of ether oxygens (including phenoxy) is 1. The third-order valence-corrected chi connectivity index (χ3v) is 3.18. The van der Waals surface area contributed by atoms with Crippen molar-refractivity contribution >= 4 is 10.9 Å². The lowest BCUT2D eigenvalue weighted by Gasteiger charge is -2.09. The Morgan fingerprint density at radius 2 is 1.84 bits per heavy atom. The van der Waals surface area contributed by atoms with Crippen molar-refractivity contribution in [3.05, 3.63) is 65.9 Å². The summed E-state index contributed by atoms with van der Waals surface area (Å²) in [6.45, 7) is 0.570. The van der Waals surface area contributed by atoms with E-state index >= 15 is 0 Å². The molecule has 1 heterocycles. The second-order valence-corrected chi connectivity index (χ2v) is 4.42. The van der Waals surface area contributed by atoms with Gasteiger partial charge in [-0.15, -0.1) is 0 Å². The molecule has 0 radical (unpaired) electrons. The lowest BCUT2D eigenvalue weighted by atomic mass is 10.1. The van der Waals surface area contributed by atoms with Crippen LogP contribution in [0.4, 0.5) is 0 Å². The van der Waals surface area contributed by atoms with Crippen LogP contribution in [0.3, 0.4) is 0 Å². The minimum absolute atomic E-state index is 0.0350. The average molecular weight is 253 g/mol. The number of aliphatic hydroxyl groups excluding tert-OH is 1. The van der Waals surface area contributed by atoms with E-state index in [-0.39, 0.29) is 6.61 Å². The SMILES string of the molecule is OCc1ccc(OCc2ccccc2)c2[nH]ccc12. The molecule has 0 spiro atoms. The van der Waals surface area contributed by atoms with Crippen LogP contribution in [0.5, 0.6) is 5.75 Å². The van der Waals surface area contributed by atoms with Crippen LogP contribution in [-0.2, 0) is 13.2 Å². The topological polar surface area (TPSA) is 45.2 Å². The van der Waals surface area contributed by atoms with E-state index in [0.29, 0.717) is 6.61 Å². The Balaban J connectivity index is 1.87. The van der Waals surface area contributed by atoms with Crippen LogP contribution in [-0.4, -0.2) is 10.1 Å². The normalized spacial score (nSPS) is 10.8. The zero-order valence-electron chi connectivity index (χ0n) is 10.5. The third-order valence-electron chi connectivity index (χ3n) is 3.18. The van der Waals surface area contributed by atoms with Crippen molar-refractivity contribution < 1.29 is 9.84 Å². The number of aromatic amines is 1. The first-order valence-electron chi connectivity index (χ1n) is 6.25. The van der Waals surface area contributed by atoms with Crippen LogP contribution in [0.1, 0.15) is 11.1 Å². The molecule has 0 bridgehead atoms. The molecule has 2 N–H and O–H groups in total. The fraction of sp³-hybridized carbons (Fsp3) is 0.125. The Bertz CT molecular complexity index is 674. The zero-order valence-corrected chi connectivity index (χ0v) is 10.5. The molecule has 1 aromatic heterocycles. The van der Waals surface area contributed by atoms with Crippen LogP contribution < -0.4 is 4.74 Å². The van der Waals surface area contributed by atoms with Crippen molar-refractivity contribution in [2.24, 2.45) is 0 Å². The first kappa shape index (κ1) is 11.8. The lowest BCUT2D eigenvalue weighted by Crippen LogP contribution is -1.96. The minimum atomic E-state index is 0.0350. The standard InChI is InChI=1S/C16H15NO2/c18-10-13-6-7-15(16-14(13)8-9-17-16)19-11-12-4-2-1-3-5-12/h1-9,17-18H,10-11H2. The van der Waals surface area contributed by atoms with E-state index in [4.69, 9.17) is 4.74 Å². The quantitative estimate of drug-likeness (QED) is 0.749. The molecule has 3 rings (SSSR count). The largest absolute Gasteiger partial charge is 0.487 e. The highest BCUT2D eigenvalue weighted by molar-refractivity contribution is 5.88. The van der Waals surface area contributed by atoms with Gasteiger partial charge in [0.05, 0.1) is 12.1 Å². The number of hydrogen-bond donors (Lipinski definition) is 2. The van der Waals surface area contributed by atoms with E-state index in [1.54, 1.807) is 0 Å². The summed E-state index contributed by atoms with van der Waals surface area (Å²) in [5.74, 6) is 0.807.